The Morgan fingerprint density at radius 1 is 1.21 bits per heavy atom. The smallest absolute Gasteiger partial charge is 0.249 e. The topological polar surface area (TPSA) is 48.0 Å². The van der Waals surface area contributed by atoms with Crippen molar-refractivity contribution in [2.24, 2.45) is 5.73 Å². The van der Waals surface area contributed by atoms with Gasteiger partial charge in [0.15, 0.2) is 0 Å². The highest BCUT2D eigenvalue weighted by molar-refractivity contribution is 6.30. The van der Waals surface area contributed by atoms with Gasteiger partial charge in [0.1, 0.15) is 5.82 Å². The number of benzene rings is 3. The van der Waals surface area contributed by atoms with Gasteiger partial charge in [0.2, 0.25) is 5.91 Å². The molecule has 0 atom stereocenters. The summed E-state index contributed by atoms with van der Waals surface area (Å²) in [4.78, 5) is 12.0. The lowest BCUT2D eigenvalue weighted by molar-refractivity contribution is 0.100. The highest BCUT2D eigenvalue weighted by Gasteiger charge is 2.18. The quantitative estimate of drug-likeness (QED) is 0.478. The minimum atomic E-state index is -0.500. The molecule has 0 spiro atoms. The van der Waals surface area contributed by atoms with Crippen LogP contribution in [0, 0.1) is 11.9 Å². The molecule has 0 saturated carbocycles. The second-order valence-corrected chi connectivity index (χ2v) is 7.62. The van der Waals surface area contributed by atoms with Gasteiger partial charge >= 0.3 is 0 Å². The Morgan fingerprint density at radius 3 is 2.68 bits per heavy atom. The van der Waals surface area contributed by atoms with Crippen LogP contribution in [0.2, 0.25) is 5.02 Å². The third-order valence-corrected chi connectivity index (χ3v) is 5.40. The van der Waals surface area contributed by atoms with Crippen molar-refractivity contribution < 1.29 is 9.18 Å². The molecular weight excluding hydrogens is 375 g/mol. The molecule has 4 aromatic rings. The van der Waals surface area contributed by atoms with Crippen molar-refractivity contribution in [1.82, 2.24) is 4.57 Å². The van der Waals surface area contributed by atoms with E-state index < -0.39 is 11.7 Å². The van der Waals surface area contributed by atoms with Crippen LogP contribution in [0.1, 0.15) is 41.3 Å². The van der Waals surface area contributed by atoms with Gasteiger partial charge in [-0.05, 0) is 41.8 Å². The highest BCUT2D eigenvalue weighted by Crippen LogP contribution is 2.34. The molecular formula is C23H19ClFN2O. The van der Waals surface area contributed by atoms with Crippen molar-refractivity contribution in [1.29, 1.82) is 0 Å². The maximum Gasteiger partial charge on any atom is 0.249 e. The molecule has 2 N–H and O–H groups in total. The van der Waals surface area contributed by atoms with Gasteiger partial charge in [-0.3, -0.25) is 4.79 Å². The summed E-state index contributed by atoms with van der Waals surface area (Å²) >= 11 is 5.97. The molecule has 0 aliphatic heterocycles. The summed E-state index contributed by atoms with van der Waals surface area (Å²) < 4.78 is 16.6. The zero-order valence-corrected chi connectivity index (χ0v) is 16.3. The predicted octanol–water partition coefficient (Wildman–Crippen LogP) is 5.66. The van der Waals surface area contributed by atoms with E-state index in [-0.39, 0.29) is 11.6 Å². The van der Waals surface area contributed by atoms with E-state index in [1.165, 1.54) is 6.07 Å². The summed E-state index contributed by atoms with van der Waals surface area (Å²) in [7, 11) is 0. The number of primary amides is 1. The number of nitrogens with two attached hydrogens (primary N) is 1. The van der Waals surface area contributed by atoms with Crippen molar-refractivity contribution in [2.75, 3.05) is 0 Å². The van der Waals surface area contributed by atoms with Gasteiger partial charge < -0.3 is 10.3 Å². The van der Waals surface area contributed by atoms with E-state index in [0.29, 0.717) is 17.0 Å². The molecule has 0 aliphatic carbocycles. The average molecular weight is 394 g/mol. The van der Waals surface area contributed by atoms with Gasteiger partial charge in [0.25, 0.3) is 0 Å². The van der Waals surface area contributed by atoms with E-state index in [1.54, 1.807) is 24.3 Å². The number of hydrogen-bond donors (Lipinski definition) is 1. The van der Waals surface area contributed by atoms with Crippen LogP contribution in [0.15, 0.2) is 48.5 Å². The Balaban J connectivity index is 2.07. The molecule has 141 valence electrons. The second-order valence-electron chi connectivity index (χ2n) is 7.21. The summed E-state index contributed by atoms with van der Waals surface area (Å²) in [5.74, 6) is -0.625. The van der Waals surface area contributed by atoms with Crippen LogP contribution in [0.25, 0.3) is 21.8 Å². The zero-order valence-electron chi connectivity index (χ0n) is 15.6. The summed E-state index contributed by atoms with van der Waals surface area (Å²) in [6.45, 7) is 4.49. The van der Waals surface area contributed by atoms with Gasteiger partial charge in [-0.25, -0.2) is 4.39 Å². The lowest BCUT2D eigenvalue weighted by Crippen LogP contribution is -2.11. The van der Waals surface area contributed by atoms with Gasteiger partial charge in [-0.15, -0.1) is 0 Å². The monoisotopic (exact) mass is 393 g/mol. The fraction of sp³-hybridized carbons (Fsp3) is 0.174. The van der Waals surface area contributed by atoms with E-state index in [9.17, 15) is 9.18 Å². The number of fused-ring (bicyclic) bond motifs is 3. The average Bonchev–Trinajstić information content (AvgIpc) is 2.98. The van der Waals surface area contributed by atoms with E-state index in [0.717, 1.165) is 27.4 Å². The van der Waals surface area contributed by atoms with E-state index >= 15 is 0 Å². The summed E-state index contributed by atoms with van der Waals surface area (Å²) in [6.07, 6.45) is 0. The molecule has 1 aromatic heterocycles. The highest BCUT2D eigenvalue weighted by atomic mass is 35.5. The van der Waals surface area contributed by atoms with Crippen molar-refractivity contribution >= 4 is 39.3 Å². The Hall–Kier alpha value is -2.85. The second kappa shape index (κ2) is 6.95. The number of hydrogen-bond acceptors (Lipinski definition) is 1. The molecule has 0 fully saturated rings. The molecule has 1 radical (unpaired) electrons. The molecule has 5 heteroatoms. The van der Waals surface area contributed by atoms with Crippen molar-refractivity contribution in [3.8, 4) is 0 Å². The number of nitrogens with zero attached hydrogens (tertiary/aromatic N) is 1. The minimum absolute atomic E-state index is 0.0884. The van der Waals surface area contributed by atoms with Gasteiger partial charge in [-0.2, -0.15) is 0 Å². The Morgan fingerprint density at radius 2 is 1.96 bits per heavy atom. The molecule has 0 unspecified atom stereocenters. The standard InChI is InChI=1S/C23H19ClFN2O/c1-13(2)14-9-10-16-20(11-14)27(12-15-5-3-7-18(24)22(15)25)19-8-4-6-17(21(16)19)23(26)28/h3-9,11,13H,12H2,1-2H3,(H2,26,28). The lowest BCUT2D eigenvalue weighted by atomic mass is 10.00. The largest absolute Gasteiger partial charge is 0.366 e. The number of carbonyl (C=O) groups excluding carboxylic acids is 1. The van der Waals surface area contributed by atoms with Crippen molar-refractivity contribution in [2.45, 2.75) is 26.3 Å². The van der Waals surface area contributed by atoms with Crippen molar-refractivity contribution in [3.05, 3.63) is 82.1 Å². The Bertz CT molecular complexity index is 1230. The lowest BCUT2D eigenvalue weighted by Gasteiger charge is -2.11. The molecule has 1 heterocycles. The van der Waals surface area contributed by atoms with E-state index in [4.69, 9.17) is 17.3 Å². The number of halogens is 2. The molecule has 0 saturated heterocycles. The van der Waals surface area contributed by atoms with Crippen LogP contribution in [0.5, 0.6) is 0 Å². The number of aromatic nitrogens is 1. The van der Waals surface area contributed by atoms with E-state index in [1.807, 2.05) is 16.7 Å². The van der Waals surface area contributed by atoms with E-state index in [2.05, 4.69) is 26.0 Å². The minimum Gasteiger partial charge on any atom is -0.366 e. The van der Waals surface area contributed by atoms with Crippen LogP contribution < -0.4 is 5.73 Å². The van der Waals surface area contributed by atoms with Crippen LogP contribution in [-0.2, 0) is 6.54 Å². The van der Waals surface area contributed by atoms with Crippen LogP contribution >= 0.6 is 11.6 Å². The predicted molar refractivity (Wildman–Crippen MR) is 111 cm³/mol. The molecule has 28 heavy (non-hydrogen) atoms. The Kier molecular flexibility index (Phi) is 4.60. The zero-order chi connectivity index (χ0) is 20.0. The van der Waals surface area contributed by atoms with Crippen molar-refractivity contribution in [3.63, 3.8) is 0 Å². The fourth-order valence-electron chi connectivity index (χ4n) is 3.62. The third kappa shape index (κ3) is 2.94. The molecule has 4 rings (SSSR count). The normalized spacial score (nSPS) is 11.6. The summed E-state index contributed by atoms with van der Waals surface area (Å²) in [6, 6.07) is 17.7. The third-order valence-electron chi connectivity index (χ3n) is 5.11. The number of rotatable bonds is 4. The first-order valence-electron chi connectivity index (χ1n) is 9.07. The number of amides is 1. The first kappa shape index (κ1) is 18.5. The van der Waals surface area contributed by atoms with Gasteiger partial charge in [0, 0.05) is 21.9 Å². The summed E-state index contributed by atoms with van der Waals surface area (Å²) in [5.41, 5.74) is 9.33. The van der Waals surface area contributed by atoms with Gasteiger partial charge in [0.05, 0.1) is 22.6 Å². The molecule has 1 amide bonds. The molecule has 3 nitrogen and oxygen atoms in total. The first-order chi connectivity index (χ1) is 13.4. The number of carbonyl (C=O) groups is 1. The Labute approximate surface area is 167 Å². The molecule has 0 aliphatic rings. The summed E-state index contributed by atoms with van der Waals surface area (Å²) in [5, 5.41) is 1.63. The van der Waals surface area contributed by atoms with Crippen LogP contribution in [0.3, 0.4) is 0 Å². The first-order valence-corrected chi connectivity index (χ1v) is 9.45. The fourth-order valence-corrected chi connectivity index (χ4v) is 3.82. The molecule has 3 aromatic carbocycles. The van der Waals surface area contributed by atoms with Crippen LogP contribution in [-0.4, -0.2) is 10.5 Å². The molecule has 0 bridgehead atoms. The van der Waals surface area contributed by atoms with Gasteiger partial charge in [-0.1, -0.05) is 49.7 Å². The SMILES string of the molecule is CC(C)c1c[c]c2c3c(C(N)=O)cccc3n(Cc3cccc(Cl)c3F)c2c1. The maximum absolute atomic E-state index is 14.6. The van der Waals surface area contributed by atoms with Crippen LogP contribution in [0.4, 0.5) is 4.39 Å². The maximum atomic E-state index is 14.6.